The minimum absolute atomic E-state index is 0.0656. The standard InChI is InChI=1S/C12H7ClO4/c13-6-11(16)17-10-3-1-2-7-8(14)4-5-9(15)12(7)10/h1-5H,6H2. The first-order valence-corrected chi connectivity index (χ1v) is 5.33. The number of benzene rings is 1. The van der Waals surface area contributed by atoms with E-state index in [0.717, 1.165) is 6.08 Å². The summed E-state index contributed by atoms with van der Waals surface area (Å²) in [5, 5.41) is 0. The maximum atomic E-state index is 11.7. The summed E-state index contributed by atoms with van der Waals surface area (Å²) >= 11 is 5.31. The van der Waals surface area contributed by atoms with Crippen molar-refractivity contribution in [3.63, 3.8) is 0 Å². The van der Waals surface area contributed by atoms with Crippen LogP contribution in [0, 0.1) is 0 Å². The first kappa shape index (κ1) is 11.5. The molecule has 0 aromatic heterocycles. The molecule has 2 rings (SSSR count). The van der Waals surface area contributed by atoms with E-state index >= 15 is 0 Å². The van der Waals surface area contributed by atoms with Crippen molar-refractivity contribution in [1.29, 1.82) is 0 Å². The second-order valence-electron chi connectivity index (χ2n) is 3.35. The van der Waals surface area contributed by atoms with Gasteiger partial charge in [-0.05, 0) is 18.2 Å². The van der Waals surface area contributed by atoms with E-state index in [1.54, 1.807) is 6.07 Å². The number of halogens is 1. The number of carbonyl (C=O) groups is 3. The van der Waals surface area contributed by atoms with Gasteiger partial charge in [-0.3, -0.25) is 14.4 Å². The monoisotopic (exact) mass is 250 g/mol. The summed E-state index contributed by atoms with van der Waals surface area (Å²) in [5.74, 6) is -1.58. The van der Waals surface area contributed by atoms with Crippen molar-refractivity contribution < 1.29 is 19.1 Å². The molecule has 1 aliphatic carbocycles. The maximum absolute atomic E-state index is 11.7. The van der Waals surface area contributed by atoms with Gasteiger partial charge in [-0.15, -0.1) is 11.6 Å². The lowest BCUT2D eigenvalue weighted by atomic mass is 9.94. The molecule has 1 aliphatic rings. The van der Waals surface area contributed by atoms with E-state index in [4.69, 9.17) is 16.3 Å². The minimum atomic E-state index is -0.671. The molecule has 0 saturated heterocycles. The minimum Gasteiger partial charge on any atom is -0.425 e. The number of allylic oxidation sites excluding steroid dienone is 2. The summed E-state index contributed by atoms with van der Waals surface area (Å²) < 4.78 is 4.90. The molecule has 0 fully saturated rings. The Morgan fingerprint density at radius 2 is 1.88 bits per heavy atom. The highest BCUT2D eigenvalue weighted by Gasteiger charge is 2.23. The highest BCUT2D eigenvalue weighted by molar-refractivity contribution is 6.27. The first-order chi connectivity index (χ1) is 8.13. The number of esters is 1. The van der Waals surface area contributed by atoms with Gasteiger partial charge in [-0.2, -0.15) is 0 Å². The normalized spacial score (nSPS) is 13.5. The Morgan fingerprint density at radius 1 is 1.18 bits per heavy atom. The van der Waals surface area contributed by atoms with E-state index in [0.29, 0.717) is 0 Å². The summed E-state index contributed by atoms with van der Waals surface area (Å²) in [5.41, 5.74) is 0.343. The molecule has 5 heteroatoms. The molecule has 86 valence electrons. The van der Waals surface area contributed by atoms with Crippen LogP contribution in [0.4, 0.5) is 0 Å². The Bertz CT molecular complexity index is 545. The van der Waals surface area contributed by atoms with Gasteiger partial charge in [0.05, 0.1) is 5.56 Å². The van der Waals surface area contributed by atoms with E-state index < -0.39 is 5.97 Å². The van der Waals surface area contributed by atoms with Gasteiger partial charge in [0, 0.05) is 5.56 Å². The van der Waals surface area contributed by atoms with Crippen LogP contribution in [0.3, 0.4) is 0 Å². The van der Waals surface area contributed by atoms with Crippen LogP contribution < -0.4 is 4.74 Å². The molecule has 0 saturated carbocycles. The number of rotatable bonds is 2. The van der Waals surface area contributed by atoms with Gasteiger partial charge in [0.2, 0.25) is 0 Å². The van der Waals surface area contributed by atoms with Gasteiger partial charge in [-0.1, -0.05) is 12.1 Å². The van der Waals surface area contributed by atoms with Gasteiger partial charge in [0.15, 0.2) is 11.6 Å². The van der Waals surface area contributed by atoms with Crippen LogP contribution in [-0.2, 0) is 4.79 Å². The third-order valence-corrected chi connectivity index (χ3v) is 2.48. The average Bonchev–Trinajstić information content (AvgIpc) is 2.34. The zero-order valence-electron chi connectivity index (χ0n) is 8.60. The number of alkyl halides is 1. The molecule has 0 aliphatic heterocycles. The predicted octanol–water partition coefficient (Wildman–Crippen LogP) is 1.77. The molecule has 0 heterocycles. The number of carbonyl (C=O) groups excluding carboxylic acids is 3. The number of hydrogen-bond donors (Lipinski definition) is 0. The van der Waals surface area contributed by atoms with E-state index in [1.165, 1.54) is 18.2 Å². The molecule has 17 heavy (non-hydrogen) atoms. The number of ketones is 2. The number of ether oxygens (including phenoxy) is 1. The molecule has 0 unspecified atom stereocenters. The molecule has 0 radical (unpaired) electrons. The Kier molecular flexibility index (Phi) is 3.06. The molecule has 1 aromatic rings. The van der Waals surface area contributed by atoms with E-state index in [2.05, 4.69) is 0 Å². The zero-order chi connectivity index (χ0) is 12.4. The predicted molar refractivity (Wildman–Crippen MR) is 60.6 cm³/mol. The van der Waals surface area contributed by atoms with Crippen molar-refractivity contribution in [1.82, 2.24) is 0 Å². The van der Waals surface area contributed by atoms with E-state index in [1.807, 2.05) is 0 Å². The lowest BCUT2D eigenvalue weighted by Crippen LogP contribution is -2.16. The fourth-order valence-corrected chi connectivity index (χ4v) is 1.60. The fourth-order valence-electron chi connectivity index (χ4n) is 1.55. The van der Waals surface area contributed by atoms with Crippen molar-refractivity contribution in [3.8, 4) is 5.75 Å². The molecule has 0 spiro atoms. The summed E-state index contributed by atoms with van der Waals surface area (Å²) in [4.78, 5) is 34.3. The van der Waals surface area contributed by atoms with E-state index in [9.17, 15) is 14.4 Å². The van der Waals surface area contributed by atoms with Crippen molar-refractivity contribution in [2.75, 3.05) is 5.88 Å². The van der Waals surface area contributed by atoms with E-state index in [-0.39, 0.29) is 34.3 Å². The number of hydrogen-bond acceptors (Lipinski definition) is 4. The van der Waals surface area contributed by atoms with Crippen LogP contribution in [0.1, 0.15) is 20.7 Å². The van der Waals surface area contributed by atoms with Crippen molar-refractivity contribution in [3.05, 3.63) is 41.5 Å². The molecule has 0 bridgehead atoms. The molecular weight excluding hydrogens is 244 g/mol. The Balaban J connectivity index is 2.50. The second-order valence-corrected chi connectivity index (χ2v) is 3.62. The average molecular weight is 251 g/mol. The molecule has 4 nitrogen and oxygen atoms in total. The van der Waals surface area contributed by atoms with Crippen molar-refractivity contribution >= 4 is 29.1 Å². The molecular formula is C12H7ClO4. The topological polar surface area (TPSA) is 60.4 Å². The van der Waals surface area contributed by atoms with Gasteiger partial charge >= 0.3 is 5.97 Å². The largest absolute Gasteiger partial charge is 0.425 e. The van der Waals surface area contributed by atoms with Gasteiger partial charge in [0.1, 0.15) is 11.6 Å². The lowest BCUT2D eigenvalue weighted by molar-refractivity contribution is -0.131. The van der Waals surface area contributed by atoms with Crippen LogP contribution >= 0.6 is 11.6 Å². The van der Waals surface area contributed by atoms with Crippen LogP contribution in [0.15, 0.2) is 30.4 Å². The highest BCUT2D eigenvalue weighted by Crippen LogP contribution is 2.27. The molecule has 0 amide bonds. The zero-order valence-corrected chi connectivity index (χ0v) is 9.36. The maximum Gasteiger partial charge on any atom is 0.326 e. The van der Waals surface area contributed by atoms with Gasteiger partial charge in [0.25, 0.3) is 0 Å². The lowest BCUT2D eigenvalue weighted by Gasteiger charge is -2.12. The Morgan fingerprint density at radius 3 is 2.59 bits per heavy atom. The third kappa shape index (κ3) is 2.12. The van der Waals surface area contributed by atoms with Crippen LogP contribution in [0.2, 0.25) is 0 Å². The first-order valence-electron chi connectivity index (χ1n) is 4.80. The molecule has 0 N–H and O–H groups in total. The van der Waals surface area contributed by atoms with Crippen molar-refractivity contribution in [2.45, 2.75) is 0 Å². The smallest absolute Gasteiger partial charge is 0.326 e. The molecule has 1 aromatic carbocycles. The Labute approximate surface area is 102 Å². The van der Waals surface area contributed by atoms with Crippen LogP contribution in [0.25, 0.3) is 0 Å². The van der Waals surface area contributed by atoms with Gasteiger partial charge in [-0.25, -0.2) is 0 Å². The third-order valence-electron chi connectivity index (χ3n) is 2.26. The second kappa shape index (κ2) is 4.51. The fraction of sp³-hybridized carbons (Fsp3) is 0.0833. The summed E-state index contributed by atoms with van der Waals surface area (Å²) in [6.45, 7) is 0. The van der Waals surface area contributed by atoms with Crippen LogP contribution in [-0.4, -0.2) is 23.4 Å². The number of fused-ring (bicyclic) bond motifs is 1. The highest BCUT2D eigenvalue weighted by atomic mass is 35.5. The SMILES string of the molecule is O=C(CCl)Oc1cccc2c1C(=O)C=CC2=O. The van der Waals surface area contributed by atoms with Crippen molar-refractivity contribution in [2.24, 2.45) is 0 Å². The van der Waals surface area contributed by atoms with Crippen LogP contribution in [0.5, 0.6) is 5.75 Å². The quantitative estimate of drug-likeness (QED) is 0.456. The summed E-state index contributed by atoms with van der Waals surface area (Å²) in [6, 6.07) is 4.50. The summed E-state index contributed by atoms with van der Waals surface area (Å²) in [7, 11) is 0. The van der Waals surface area contributed by atoms with Gasteiger partial charge < -0.3 is 4.74 Å². The summed E-state index contributed by atoms with van der Waals surface area (Å²) in [6.07, 6.45) is 2.35. The molecule has 0 atom stereocenters. The Hall–Kier alpha value is -1.94.